The number of carboxylic acids is 1. The molecule has 0 amide bonds. The molecule has 18 heavy (non-hydrogen) atoms. The lowest BCUT2D eigenvalue weighted by Crippen LogP contribution is -2.22. The summed E-state index contributed by atoms with van der Waals surface area (Å²) in [7, 11) is 1.41. The highest BCUT2D eigenvalue weighted by molar-refractivity contribution is 5.67. The minimum atomic E-state index is -4.60. The van der Waals surface area contributed by atoms with E-state index in [9.17, 15) is 22.4 Å². The van der Waals surface area contributed by atoms with Crippen LogP contribution >= 0.6 is 0 Å². The Kier molecular flexibility index (Phi) is 4.15. The molecule has 0 radical (unpaired) electrons. The third-order valence-electron chi connectivity index (χ3n) is 2.35. The first kappa shape index (κ1) is 14.3. The van der Waals surface area contributed by atoms with Crippen LogP contribution in [0.25, 0.3) is 0 Å². The van der Waals surface area contributed by atoms with Crippen LogP contribution in [0.2, 0.25) is 0 Å². The molecule has 3 nitrogen and oxygen atoms in total. The van der Waals surface area contributed by atoms with E-state index in [1.165, 1.54) is 11.9 Å². The van der Waals surface area contributed by atoms with Crippen molar-refractivity contribution in [3.05, 3.63) is 29.6 Å². The first-order valence-electron chi connectivity index (χ1n) is 5.01. The molecule has 0 aromatic heterocycles. The van der Waals surface area contributed by atoms with E-state index >= 15 is 0 Å². The van der Waals surface area contributed by atoms with Crippen molar-refractivity contribution in [2.75, 3.05) is 18.5 Å². The second kappa shape index (κ2) is 5.24. The van der Waals surface area contributed by atoms with Gasteiger partial charge in [-0.05, 0) is 18.2 Å². The van der Waals surface area contributed by atoms with Gasteiger partial charge in [-0.1, -0.05) is 0 Å². The van der Waals surface area contributed by atoms with Gasteiger partial charge in [-0.25, -0.2) is 4.39 Å². The molecule has 0 aliphatic carbocycles. The lowest BCUT2D eigenvalue weighted by Gasteiger charge is -2.19. The van der Waals surface area contributed by atoms with E-state index in [1.807, 2.05) is 0 Å². The molecule has 0 bridgehead atoms. The Balaban J connectivity index is 2.88. The van der Waals surface area contributed by atoms with Gasteiger partial charge in [-0.2, -0.15) is 13.2 Å². The van der Waals surface area contributed by atoms with Crippen molar-refractivity contribution in [3.63, 3.8) is 0 Å². The summed E-state index contributed by atoms with van der Waals surface area (Å²) in [5.41, 5.74) is -1.14. The average Bonchev–Trinajstić information content (AvgIpc) is 2.24. The minimum Gasteiger partial charge on any atom is -0.481 e. The normalized spacial score (nSPS) is 11.4. The van der Waals surface area contributed by atoms with E-state index in [2.05, 4.69) is 0 Å². The van der Waals surface area contributed by atoms with Crippen LogP contribution < -0.4 is 4.90 Å². The van der Waals surface area contributed by atoms with Gasteiger partial charge in [-0.15, -0.1) is 0 Å². The highest BCUT2D eigenvalue weighted by Gasteiger charge is 2.31. The second-order valence-electron chi connectivity index (χ2n) is 3.73. The Morgan fingerprint density at radius 2 is 2.00 bits per heavy atom. The number of halogens is 4. The standard InChI is InChI=1S/C11H11F4NO2/c1-16(5-4-10(17)18)9-3-2-7(6-8(9)12)11(13,14)15/h2-3,6H,4-5H2,1H3,(H,17,18). The van der Waals surface area contributed by atoms with Crippen LogP contribution in [0.3, 0.4) is 0 Å². The third kappa shape index (κ3) is 3.61. The zero-order valence-corrected chi connectivity index (χ0v) is 9.46. The summed E-state index contributed by atoms with van der Waals surface area (Å²) >= 11 is 0. The van der Waals surface area contributed by atoms with Gasteiger partial charge >= 0.3 is 12.1 Å². The summed E-state index contributed by atoms with van der Waals surface area (Å²) in [6.45, 7) is 0.0115. The van der Waals surface area contributed by atoms with Crippen LogP contribution in [0.15, 0.2) is 18.2 Å². The molecule has 0 saturated heterocycles. The Morgan fingerprint density at radius 1 is 1.39 bits per heavy atom. The maximum absolute atomic E-state index is 13.5. The average molecular weight is 265 g/mol. The molecule has 7 heteroatoms. The maximum atomic E-state index is 13.5. The summed E-state index contributed by atoms with van der Waals surface area (Å²) in [6, 6.07) is 2.14. The van der Waals surface area contributed by atoms with Crippen LogP contribution in [0.4, 0.5) is 23.2 Å². The minimum absolute atomic E-state index is 0.0115. The molecule has 0 fully saturated rings. The fourth-order valence-electron chi connectivity index (χ4n) is 1.38. The number of alkyl halides is 3. The Bertz CT molecular complexity index is 445. The van der Waals surface area contributed by atoms with E-state index in [0.29, 0.717) is 6.07 Å². The fourth-order valence-corrected chi connectivity index (χ4v) is 1.38. The van der Waals surface area contributed by atoms with Gasteiger partial charge < -0.3 is 10.0 Å². The molecular formula is C11H11F4NO2. The molecule has 0 atom stereocenters. The zero-order valence-electron chi connectivity index (χ0n) is 9.46. The van der Waals surface area contributed by atoms with Crippen molar-refractivity contribution in [2.24, 2.45) is 0 Å². The molecule has 0 saturated carbocycles. The number of anilines is 1. The summed E-state index contributed by atoms with van der Waals surface area (Å²) in [4.78, 5) is 11.6. The topological polar surface area (TPSA) is 40.5 Å². The number of nitrogens with zero attached hydrogens (tertiary/aromatic N) is 1. The summed E-state index contributed by atoms with van der Waals surface area (Å²) in [5.74, 6) is -2.09. The molecule has 1 aromatic rings. The number of carboxylic acid groups (broad SMARTS) is 1. The van der Waals surface area contributed by atoms with Crippen molar-refractivity contribution in [1.82, 2.24) is 0 Å². The summed E-state index contributed by atoms with van der Waals surface area (Å²) in [5, 5.41) is 8.46. The lowest BCUT2D eigenvalue weighted by molar-refractivity contribution is -0.138. The van der Waals surface area contributed by atoms with Gasteiger partial charge in [0.25, 0.3) is 0 Å². The van der Waals surface area contributed by atoms with Crippen LogP contribution in [0, 0.1) is 5.82 Å². The number of hydrogen-bond donors (Lipinski definition) is 1. The van der Waals surface area contributed by atoms with Crippen LogP contribution in [0.5, 0.6) is 0 Å². The van der Waals surface area contributed by atoms with Crippen molar-refractivity contribution >= 4 is 11.7 Å². The Morgan fingerprint density at radius 3 is 2.44 bits per heavy atom. The molecule has 1 aromatic carbocycles. The monoisotopic (exact) mass is 265 g/mol. The predicted molar refractivity (Wildman–Crippen MR) is 56.9 cm³/mol. The number of carbonyl (C=O) groups is 1. The smallest absolute Gasteiger partial charge is 0.416 e. The van der Waals surface area contributed by atoms with Crippen molar-refractivity contribution < 1.29 is 27.5 Å². The summed E-state index contributed by atoms with van der Waals surface area (Å²) in [6.07, 6.45) is -4.82. The molecule has 1 rings (SSSR count). The summed E-state index contributed by atoms with van der Waals surface area (Å²) < 4.78 is 50.4. The Hall–Kier alpha value is -1.79. The van der Waals surface area contributed by atoms with E-state index in [4.69, 9.17) is 5.11 Å². The highest BCUT2D eigenvalue weighted by Crippen LogP contribution is 2.32. The SMILES string of the molecule is CN(CCC(=O)O)c1ccc(C(F)(F)F)cc1F. The molecule has 0 aliphatic rings. The van der Waals surface area contributed by atoms with E-state index < -0.39 is 23.5 Å². The molecule has 0 spiro atoms. The van der Waals surface area contributed by atoms with Crippen molar-refractivity contribution in [1.29, 1.82) is 0 Å². The second-order valence-corrected chi connectivity index (χ2v) is 3.73. The van der Waals surface area contributed by atoms with Crippen LogP contribution in [-0.4, -0.2) is 24.7 Å². The fraction of sp³-hybridized carbons (Fsp3) is 0.364. The van der Waals surface area contributed by atoms with E-state index in [0.717, 1.165) is 12.1 Å². The predicted octanol–water partition coefficient (Wildman–Crippen LogP) is 2.76. The number of rotatable bonds is 4. The molecule has 0 aliphatic heterocycles. The highest BCUT2D eigenvalue weighted by atomic mass is 19.4. The van der Waals surface area contributed by atoms with E-state index in [1.54, 1.807) is 0 Å². The van der Waals surface area contributed by atoms with Gasteiger partial charge in [0.05, 0.1) is 17.7 Å². The molecule has 0 heterocycles. The van der Waals surface area contributed by atoms with Crippen molar-refractivity contribution in [2.45, 2.75) is 12.6 Å². The first-order chi connectivity index (χ1) is 8.21. The third-order valence-corrected chi connectivity index (χ3v) is 2.35. The molecule has 0 unspecified atom stereocenters. The number of hydrogen-bond acceptors (Lipinski definition) is 2. The number of aliphatic carboxylic acids is 1. The zero-order chi connectivity index (χ0) is 13.9. The van der Waals surface area contributed by atoms with Crippen molar-refractivity contribution in [3.8, 4) is 0 Å². The first-order valence-corrected chi connectivity index (χ1v) is 5.01. The maximum Gasteiger partial charge on any atom is 0.416 e. The molecular weight excluding hydrogens is 254 g/mol. The quantitative estimate of drug-likeness (QED) is 0.851. The van der Waals surface area contributed by atoms with Gasteiger partial charge in [0.15, 0.2) is 0 Å². The van der Waals surface area contributed by atoms with Gasteiger partial charge in [-0.3, -0.25) is 4.79 Å². The lowest BCUT2D eigenvalue weighted by atomic mass is 10.1. The molecule has 100 valence electrons. The largest absolute Gasteiger partial charge is 0.481 e. The van der Waals surface area contributed by atoms with Gasteiger partial charge in [0.1, 0.15) is 5.82 Å². The Labute approximate surface area is 101 Å². The molecule has 1 N–H and O–H groups in total. The van der Waals surface area contributed by atoms with Crippen LogP contribution in [0.1, 0.15) is 12.0 Å². The number of benzene rings is 1. The van der Waals surface area contributed by atoms with Gasteiger partial charge in [0, 0.05) is 13.6 Å². The van der Waals surface area contributed by atoms with Gasteiger partial charge in [0.2, 0.25) is 0 Å². The van der Waals surface area contributed by atoms with Crippen LogP contribution in [-0.2, 0) is 11.0 Å². The van der Waals surface area contributed by atoms with E-state index in [-0.39, 0.29) is 18.7 Å².